The molecule has 0 bridgehead atoms. The van der Waals surface area contributed by atoms with Crippen molar-refractivity contribution in [2.24, 2.45) is 17.8 Å². The third-order valence-electron chi connectivity index (χ3n) is 9.97. The molecule has 49 heavy (non-hydrogen) atoms. The van der Waals surface area contributed by atoms with Crippen LogP contribution >= 0.6 is 8.58 Å². The van der Waals surface area contributed by atoms with Crippen molar-refractivity contribution in [3.8, 4) is 17.2 Å². The minimum atomic E-state index is -0.111. The molecule has 0 amide bonds. The van der Waals surface area contributed by atoms with Gasteiger partial charge in [-0.25, -0.2) is 0 Å². The summed E-state index contributed by atoms with van der Waals surface area (Å²) < 4.78 is 20.0. The first-order valence-electron chi connectivity index (χ1n) is 19.4. The van der Waals surface area contributed by atoms with Crippen LogP contribution in [0, 0.1) is 31.6 Å². The molecule has 0 saturated carbocycles. The van der Waals surface area contributed by atoms with Gasteiger partial charge in [0.25, 0.3) is 0 Å². The predicted octanol–water partition coefficient (Wildman–Crippen LogP) is 11.9. The van der Waals surface area contributed by atoms with E-state index in [1.807, 2.05) is 12.1 Å². The van der Waals surface area contributed by atoms with Gasteiger partial charge in [-0.15, -0.1) is 0 Å². The van der Waals surface area contributed by atoms with Gasteiger partial charge >= 0.3 is 18.9 Å². The summed E-state index contributed by atoms with van der Waals surface area (Å²) in [5.74, 6) is 3.72. The van der Waals surface area contributed by atoms with Crippen LogP contribution in [0.4, 0.5) is 0 Å². The van der Waals surface area contributed by atoms with Gasteiger partial charge in [-0.2, -0.15) is 0 Å². The molecule has 4 nitrogen and oxygen atoms in total. The van der Waals surface area contributed by atoms with Crippen LogP contribution in [-0.4, -0.2) is 44.2 Å². The number of hydrogen-bond donors (Lipinski definition) is 0. The molecule has 0 aromatic heterocycles. The van der Waals surface area contributed by atoms with E-state index in [2.05, 4.69) is 88.3 Å². The van der Waals surface area contributed by atoms with Gasteiger partial charge in [-0.05, 0) is 81.5 Å². The van der Waals surface area contributed by atoms with Crippen LogP contribution in [0.1, 0.15) is 166 Å². The van der Waals surface area contributed by atoms with E-state index in [0.29, 0.717) is 37.6 Å². The van der Waals surface area contributed by atoms with Gasteiger partial charge in [0.15, 0.2) is 5.52 Å². The van der Waals surface area contributed by atoms with Crippen molar-refractivity contribution in [3.05, 3.63) is 46.5 Å². The number of carbonyl (C=O) groups excluding carboxylic acids is 1. The Kier molecular flexibility index (Phi) is 22.2. The monoisotopic (exact) mass is 691 g/mol. The van der Waals surface area contributed by atoms with Crippen LogP contribution in [-0.2, 0) is 5.41 Å². The number of hydrogen-bond acceptors (Lipinski definition) is 4. The molecule has 2 aromatic rings. The van der Waals surface area contributed by atoms with Crippen LogP contribution < -0.4 is 19.5 Å². The topological polar surface area (TPSA) is 44.8 Å². The fourth-order valence-electron chi connectivity index (χ4n) is 6.25. The number of benzene rings is 2. The van der Waals surface area contributed by atoms with E-state index in [-0.39, 0.29) is 38.4 Å². The SMILES string of the molecule is CCCCC(CC)COc1cc(OCC(CC)CCCC)c(PC(=O)c2c(C)cc(C(C)(C)C)cc2C)c(OCC(CC)CCCC)c1.[LiH]. The first kappa shape index (κ1) is 45.6. The van der Waals surface area contributed by atoms with Gasteiger partial charge in [-0.3, -0.25) is 4.79 Å². The van der Waals surface area contributed by atoms with E-state index < -0.39 is 0 Å². The Morgan fingerprint density at radius 1 is 0.653 bits per heavy atom. The first-order valence-corrected chi connectivity index (χ1v) is 20.4. The standard InChI is InChI=1S/C43H71O4P.Li.H/c1-12-18-21-33(15-4)28-45-37-26-38(46-29-34(16-5)22-19-13-2)41(39(27-37)47-30-35(17-6)23-20-14-3)48-42(44)40-31(7)24-36(25-32(40)8)43(9,10)11;;/h24-27,33-35,48H,12-23,28-30H2,1-11H3;;. The maximum absolute atomic E-state index is 14.3. The summed E-state index contributed by atoms with van der Waals surface area (Å²) in [5.41, 5.74) is 4.31. The van der Waals surface area contributed by atoms with E-state index in [1.165, 1.54) is 50.5 Å². The number of aryl methyl sites for hydroxylation is 2. The molecule has 2 aromatic carbocycles. The molecule has 4 unspecified atom stereocenters. The van der Waals surface area contributed by atoms with Crippen LogP contribution in [0.15, 0.2) is 24.3 Å². The van der Waals surface area contributed by atoms with Gasteiger partial charge in [0.05, 0.1) is 25.1 Å². The number of unbranched alkanes of at least 4 members (excludes halogenated alkanes) is 3. The molecule has 0 saturated heterocycles. The summed E-state index contributed by atoms with van der Waals surface area (Å²) in [7, 11) is -0.111. The maximum atomic E-state index is 14.3. The molecule has 0 heterocycles. The molecular formula is C43H72LiO4P. The Balaban J connectivity index is 0.0000120. The van der Waals surface area contributed by atoms with Gasteiger partial charge in [-0.1, -0.05) is 132 Å². The molecule has 6 heteroatoms. The second kappa shape index (κ2) is 23.9. The van der Waals surface area contributed by atoms with Gasteiger partial charge < -0.3 is 14.2 Å². The molecule has 0 fully saturated rings. The average molecular weight is 691 g/mol. The van der Waals surface area contributed by atoms with Crippen molar-refractivity contribution >= 4 is 38.3 Å². The van der Waals surface area contributed by atoms with Crippen LogP contribution in [0.25, 0.3) is 0 Å². The third-order valence-corrected chi connectivity index (χ3v) is 11.2. The van der Waals surface area contributed by atoms with Crippen molar-refractivity contribution in [2.45, 2.75) is 159 Å². The van der Waals surface area contributed by atoms with E-state index in [9.17, 15) is 4.79 Å². The molecule has 0 N–H and O–H groups in total. The second-order valence-electron chi connectivity index (χ2n) is 15.2. The van der Waals surface area contributed by atoms with E-state index in [4.69, 9.17) is 14.2 Å². The van der Waals surface area contributed by atoms with E-state index >= 15 is 0 Å². The molecule has 0 radical (unpaired) electrons. The Morgan fingerprint density at radius 3 is 1.39 bits per heavy atom. The third kappa shape index (κ3) is 15.4. The zero-order chi connectivity index (χ0) is 35.7. The summed E-state index contributed by atoms with van der Waals surface area (Å²) >= 11 is 0. The minimum absolute atomic E-state index is 0. The molecule has 0 spiro atoms. The Labute approximate surface area is 316 Å². The fourth-order valence-corrected chi connectivity index (χ4v) is 7.54. The predicted molar refractivity (Wildman–Crippen MR) is 217 cm³/mol. The Bertz CT molecular complexity index is 1170. The van der Waals surface area contributed by atoms with Gasteiger partial charge in [0.1, 0.15) is 17.2 Å². The summed E-state index contributed by atoms with van der Waals surface area (Å²) in [6.45, 7) is 26.3. The van der Waals surface area contributed by atoms with Gasteiger partial charge in [0.2, 0.25) is 0 Å². The zero-order valence-corrected chi connectivity index (χ0v) is 33.8. The van der Waals surface area contributed by atoms with Crippen molar-refractivity contribution in [3.63, 3.8) is 0 Å². The molecular weight excluding hydrogens is 618 g/mol. The molecule has 0 aliphatic heterocycles. The van der Waals surface area contributed by atoms with Crippen LogP contribution in [0.2, 0.25) is 0 Å². The normalized spacial score (nSPS) is 13.6. The summed E-state index contributed by atoms with van der Waals surface area (Å²) in [4.78, 5) is 14.3. The van der Waals surface area contributed by atoms with Gasteiger partial charge in [0, 0.05) is 17.7 Å². The molecule has 2 rings (SSSR count). The van der Waals surface area contributed by atoms with E-state index in [1.54, 1.807) is 0 Å². The van der Waals surface area contributed by atoms with Crippen molar-refractivity contribution in [1.82, 2.24) is 0 Å². The summed E-state index contributed by atoms with van der Waals surface area (Å²) in [6.07, 6.45) is 13.9. The van der Waals surface area contributed by atoms with E-state index in [0.717, 1.165) is 71.3 Å². The van der Waals surface area contributed by atoms with Crippen LogP contribution in [0.3, 0.4) is 0 Å². The summed E-state index contributed by atoms with van der Waals surface area (Å²) in [6, 6.07) is 8.47. The van der Waals surface area contributed by atoms with Crippen molar-refractivity contribution in [1.29, 1.82) is 0 Å². The quantitative estimate of drug-likeness (QED) is 0.0812. The van der Waals surface area contributed by atoms with Crippen molar-refractivity contribution in [2.75, 3.05) is 19.8 Å². The molecule has 0 aliphatic carbocycles. The number of carbonyl (C=O) groups is 1. The fraction of sp³-hybridized carbons (Fsp3) is 0.698. The van der Waals surface area contributed by atoms with Crippen LogP contribution in [0.5, 0.6) is 17.2 Å². The number of rotatable bonds is 24. The second-order valence-corrected chi connectivity index (χ2v) is 16.4. The molecule has 274 valence electrons. The Morgan fingerprint density at radius 2 is 1.04 bits per heavy atom. The molecule has 4 atom stereocenters. The average Bonchev–Trinajstić information content (AvgIpc) is 3.05. The summed E-state index contributed by atoms with van der Waals surface area (Å²) in [5, 5.41) is 0.875. The van der Waals surface area contributed by atoms with Crippen molar-refractivity contribution < 1.29 is 19.0 Å². The zero-order valence-electron chi connectivity index (χ0n) is 32.8. The molecule has 0 aliphatic rings. The first-order chi connectivity index (χ1) is 22.9. The number of ether oxygens (including phenoxy) is 3. The Hall–Kier alpha value is -1.46.